The van der Waals surface area contributed by atoms with Crippen LogP contribution in [0.1, 0.15) is 34.3 Å². The van der Waals surface area contributed by atoms with Crippen LogP contribution in [0.3, 0.4) is 0 Å². The molecule has 1 amide bonds. The van der Waals surface area contributed by atoms with Crippen LogP contribution < -0.4 is 5.32 Å². The largest absolute Gasteiger partial charge is 0.448 e. The minimum absolute atomic E-state index is 0.0768. The molecular formula is C24H26N4O2. The summed E-state index contributed by atoms with van der Waals surface area (Å²) in [6, 6.07) is 16.9. The Bertz CT molecular complexity index is 1040. The number of nitrogens with one attached hydrogen (secondary N) is 1. The van der Waals surface area contributed by atoms with Crippen LogP contribution in [0.15, 0.2) is 54.7 Å². The second-order valence-electron chi connectivity index (χ2n) is 8.07. The number of amides is 1. The van der Waals surface area contributed by atoms with Gasteiger partial charge in [-0.1, -0.05) is 48.5 Å². The maximum atomic E-state index is 12.9. The van der Waals surface area contributed by atoms with E-state index in [1.165, 1.54) is 22.3 Å². The number of benzene rings is 2. The number of aromatic nitrogens is 2. The molecule has 2 aromatic carbocycles. The van der Waals surface area contributed by atoms with Crippen LogP contribution in [-0.4, -0.2) is 47.0 Å². The van der Waals surface area contributed by atoms with Gasteiger partial charge in [-0.05, 0) is 29.2 Å². The zero-order valence-corrected chi connectivity index (χ0v) is 17.3. The lowest BCUT2D eigenvalue weighted by Crippen LogP contribution is -2.48. The molecule has 0 bridgehead atoms. The molecule has 2 aliphatic rings. The third kappa shape index (κ3) is 3.17. The second-order valence-corrected chi connectivity index (χ2v) is 8.07. The first-order chi connectivity index (χ1) is 14.6. The van der Waals surface area contributed by atoms with Crippen LogP contribution in [0.25, 0.3) is 11.1 Å². The summed E-state index contributed by atoms with van der Waals surface area (Å²) >= 11 is 0. The number of fused-ring (bicyclic) bond motifs is 3. The summed E-state index contributed by atoms with van der Waals surface area (Å²) in [5, 5.41) is 7.83. The minimum Gasteiger partial charge on any atom is -0.448 e. The first-order valence-corrected chi connectivity index (χ1v) is 10.5. The van der Waals surface area contributed by atoms with E-state index >= 15 is 0 Å². The molecular weight excluding hydrogens is 376 g/mol. The lowest BCUT2D eigenvalue weighted by molar-refractivity contribution is 0.0882. The van der Waals surface area contributed by atoms with Gasteiger partial charge in [0.15, 0.2) is 0 Å². The van der Waals surface area contributed by atoms with Gasteiger partial charge in [0.05, 0.1) is 12.2 Å². The quantitative estimate of drug-likeness (QED) is 0.727. The van der Waals surface area contributed by atoms with Gasteiger partial charge in [0, 0.05) is 43.9 Å². The summed E-state index contributed by atoms with van der Waals surface area (Å²) in [6.07, 6.45) is 1.64. The number of rotatable bonds is 3. The van der Waals surface area contributed by atoms with E-state index in [-0.39, 0.29) is 18.1 Å². The van der Waals surface area contributed by atoms with Crippen molar-refractivity contribution < 1.29 is 9.53 Å². The number of hydrogen-bond acceptors (Lipinski definition) is 4. The van der Waals surface area contributed by atoms with E-state index in [1.807, 2.05) is 17.9 Å². The van der Waals surface area contributed by atoms with E-state index in [1.54, 1.807) is 4.90 Å². The molecule has 3 aromatic rings. The van der Waals surface area contributed by atoms with Crippen molar-refractivity contribution in [2.24, 2.45) is 7.05 Å². The van der Waals surface area contributed by atoms with Crippen molar-refractivity contribution in [1.82, 2.24) is 20.0 Å². The fourth-order valence-corrected chi connectivity index (χ4v) is 4.67. The highest BCUT2D eigenvalue weighted by Gasteiger charge is 2.31. The van der Waals surface area contributed by atoms with E-state index in [9.17, 15) is 4.79 Å². The van der Waals surface area contributed by atoms with Crippen molar-refractivity contribution in [3.8, 4) is 11.1 Å². The van der Waals surface area contributed by atoms with Gasteiger partial charge in [-0.3, -0.25) is 4.68 Å². The highest BCUT2D eigenvalue weighted by molar-refractivity contribution is 5.79. The van der Waals surface area contributed by atoms with Crippen molar-refractivity contribution in [1.29, 1.82) is 0 Å². The predicted octanol–water partition coefficient (Wildman–Crippen LogP) is 3.62. The predicted molar refractivity (Wildman–Crippen MR) is 115 cm³/mol. The molecule has 0 spiro atoms. The average Bonchev–Trinajstić information content (AvgIpc) is 3.29. The van der Waals surface area contributed by atoms with Gasteiger partial charge < -0.3 is 15.0 Å². The molecule has 154 valence electrons. The molecule has 0 radical (unpaired) electrons. The van der Waals surface area contributed by atoms with E-state index in [4.69, 9.17) is 4.74 Å². The zero-order chi connectivity index (χ0) is 20.7. The highest BCUT2D eigenvalue weighted by Crippen LogP contribution is 2.44. The molecule has 1 fully saturated rings. The molecule has 1 N–H and O–H groups in total. The molecule has 6 nitrogen and oxygen atoms in total. The monoisotopic (exact) mass is 402 g/mol. The lowest BCUT2D eigenvalue weighted by Gasteiger charge is -2.33. The Kier molecular flexibility index (Phi) is 4.79. The highest BCUT2D eigenvalue weighted by atomic mass is 16.6. The number of carbonyl (C=O) groups is 1. The fraction of sp³-hybridized carbons (Fsp3) is 0.333. The lowest BCUT2D eigenvalue weighted by atomic mass is 9.98. The van der Waals surface area contributed by atoms with E-state index in [0.717, 1.165) is 17.8 Å². The number of aryl methyl sites for hydroxylation is 1. The fourth-order valence-electron chi connectivity index (χ4n) is 4.67. The smallest absolute Gasteiger partial charge is 0.409 e. The number of nitrogens with zero attached hydrogens (tertiary/aromatic N) is 3. The Hall–Kier alpha value is -3.12. The molecule has 2 heterocycles. The molecule has 1 aliphatic heterocycles. The molecule has 30 heavy (non-hydrogen) atoms. The van der Waals surface area contributed by atoms with Gasteiger partial charge in [-0.25, -0.2) is 4.79 Å². The van der Waals surface area contributed by atoms with Crippen LogP contribution in [-0.2, 0) is 11.8 Å². The Morgan fingerprint density at radius 1 is 1.10 bits per heavy atom. The number of hydrogen-bond donors (Lipinski definition) is 1. The van der Waals surface area contributed by atoms with Crippen LogP contribution in [0, 0.1) is 6.92 Å². The molecule has 1 aliphatic carbocycles. The van der Waals surface area contributed by atoms with E-state index in [0.29, 0.717) is 19.7 Å². The van der Waals surface area contributed by atoms with Gasteiger partial charge in [0.1, 0.15) is 6.61 Å². The van der Waals surface area contributed by atoms with E-state index in [2.05, 4.69) is 65.9 Å². The minimum atomic E-state index is -0.245. The average molecular weight is 402 g/mol. The maximum Gasteiger partial charge on any atom is 0.409 e. The molecule has 0 saturated carbocycles. The second kappa shape index (κ2) is 7.61. The van der Waals surface area contributed by atoms with Crippen LogP contribution in [0.5, 0.6) is 0 Å². The van der Waals surface area contributed by atoms with Crippen molar-refractivity contribution in [2.75, 3.05) is 26.2 Å². The van der Waals surface area contributed by atoms with Crippen LogP contribution in [0.4, 0.5) is 4.79 Å². The first-order valence-electron chi connectivity index (χ1n) is 10.5. The summed E-state index contributed by atoms with van der Waals surface area (Å²) in [5.41, 5.74) is 7.19. The van der Waals surface area contributed by atoms with Gasteiger partial charge >= 0.3 is 6.09 Å². The van der Waals surface area contributed by atoms with Crippen molar-refractivity contribution in [3.05, 3.63) is 77.1 Å². The van der Waals surface area contributed by atoms with Gasteiger partial charge in [-0.2, -0.15) is 5.10 Å². The summed E-state index contributed by atoms with van der Waals surface area (Å²) in [5.74, 6) is 0.0839. The Balaban J connectivity index is 1.29. The molecule has 6 heteroatoms. The Morgan fingerprint density at radius 2 is 1.77 bits per heavy atom. The molecule has 5 rings (SSSR count). The van der Waals surface area contributed by atoms with Crippen LogP contribution in [0.2, 0.25) is 0 Å². The third-order valence-corrected chi connectivity index (χ3v) is 6.42. The standard InChI is InChI=1S/C24H26N4O2/c1-16-21(13-26-27(16)2)23-14-28(12-11-25-23)24(29)30-15-22-19-9-5-3-7-17(19)18-8-4-6-10-20(18)22/h3-10,13,22-23,25H,11-12,14-15H2,1-2H3. The molecule has 1 aromatic heterocycles. The Morgan fingerprint density at radius 3 is 2.40 bits per heavy atom. The number of piperazine rings is 1. The summed E-state index contributed by atoms with van der Waals surface area (Å²) in [6.45, 7) is 4.38. The SMILES string of the molecule is Cc1c(C2CN(C(=O)OCC3c4ccccc4-c4ccccc43)CCN2)cnn1C. The van der Waals surface area contributed by atoms with E-state index < -0.39 is 0 Å². The normalized spacial score (nSPS) is 18.2. The number of ether oxygens (including phenoxy) is 1. The summed E-state index contributed by atoms with van der Waals surface area (Å²) < 4.78 is 7.70. The number of carbonyl (C=O) groups excluding carboxylic acids is 1. The maximum absolute atomic E-state index is 12.9. The van der Waals surface area contributed by atoms with Crippen molar-refractivity contribution >= 4 is 6.09 Å². The van der Waals surface area contributed by atoms with Gasteiger partial charge in [0.25, 0.3) is 0 Å². The zero-order valence-electron chi connectivity index (χ0n) is 17.3. The molecule has 1 saturated heterocycles. The summed E-state index contributed by atoms with van der Waals surface area (Å²) in [4.78, 5) is 14.7. The van der Waals surface area contributed by atoms with Crippen molar-refractivity contribution in [3.63, 3.8) is 0 Å². The molecule has 1 unspecified atom stereocenters. The van der Waals surface area contributed by atoms with Gasteiger partial charge in [0.2, 0.25) is 0 Å². The van der Waals surface area contributed by atoms with Crippen molar-refractivity contribution in [2.45, 2.75) is 18.9 Å². The van der Waals surface area contributed by atoms with Crippen LogP contribution >= 0.6 is 0 Å². The summed E-state index contributed by atoms with van der Waals surface area (Å²) in [7, 11) is 1.94. The third-order valence-electron chi connectivity index (χ3n) is 6.42. The topological polar surface area (TPSA) is 59.4 Å². The first kappa shape index (κ1) is 18.9. The molecule has 1 atom stereocenters. The Labute approximate surface area is 176 Å². The van der Waals surface area contributed by atoms with Gasteiger partial charge in [-0.15, -0.1) is 0 Å².